The zero-order chi connectivity index (χ0) is 14.8. The maximum absolute atomic E-state index is 6.58. The molecule has 0 aliphatic carbocycles. The number of benzene rings is 3. The molecule has 0 saturated heterocycles. The average Bonchev–Trinajstić information content (AvgIpc) is 2.50. The van der Waals surface area contributed by atoms with Crippen molar-refractivity contribution in [3.05, 3.63) is 82.4 Å². The zero-order valence-corrected chi connectivity index (χ0v) is 13.3. The Morgan fingerprint density at radius 1 is 0.905 bits per heavy atom. The fourth-order valence-corrected chi connectivity index (χ4v) is 3.27. The number of fused-ring (bicyclic) bond motifs is 1. The average molecular weight is 315 g/mol. The molecule has 3 aromatic carbocycles. The van der Waals surface area contributed by atoms with E-state index in [-0.39, 0.29) is 5.38 Å². The monoisotopic (exact) mass is 314 g/mol. The molecule has 0 amide bonds. The molecule has 0 N–H and O–H groups in total. The minimum atomic E-state index is -0.112. The van der Waals surface area contributed by atoms with Crippen LogP contribution in [0.3, 0.4) is 0 Å². The molecule has 0 heterocycles. The predicted octanol–water partition coefficient (Wildman–Crippen LogP) is 6.32. The minimum absolute atomic E-state index is 0.112. The van der Waals surface area contributed by atoms with Crippen molar-refractivity contribution in [2.75, 3.05) is 0 Å². The molecule has 106 valence electrons. The maximum atomic E-state index is 6.58. The van der Waals surface area contributed by atoms with Crippen molar-refractivity contribution in [2.24, 2.45) is 0 Å². The van der Waals surface area contributed by atoms with Gasteiger partial charge in [-0.2, -0.15) is 0 Å². The summed E-state index contributed by atoms with van der Waals surface area (Å²) in [5.41, 5.74) is 3.30. The van der Waals surface area contributed by atoms with Crippen molar-refractivity contribution in [2.45, 2.75) is 18.7 Å². The molecule has 0 saturated carbocycles. The van der Waals surface area contributed by atoms with Crippen molar-refractivity contribution in [3.63, 3.8) is 0 Å². The largest absolute Gasteiger partial charge is 0.117 e. The first-order valence-corrected chi connectivity index (χ1v) is 7.83. The summed E-state index contributed by atoms with van der Waals surface area (Å²) < 4.78 is 0. The number of alkyl halides is 1. The summed E-state index contributed by atoms with van der Waals surface area (Å²) in [4.78, 5) is 0. The smallest absolute Gasteiger partial charge is 0.0640 e. The van der Waals surface area contributed by atoms with E-state index in [0.717, 1.165) is 22.6 Å². The predicted molar refractivity (Wildman–Crippen MR) is 92.4 cm³/mol. The highest BCUT2D eigenvalue weighted by Crippen LogP contribution is 2.33. The molecule has 0 nitrogen and oxygen atoms in total. The van der Waals surface area contributed by atoms with E-state index in [1.165, 1.54) is 16.3 Å². The van der Waals surface area contributed by atoms with Gasteiger partial charge in [0.05, 0.1) is 5.38 Å². The Kier molecular flexibility index (Phi) is 4.19. The summed E-state index contributed by atoms with van der Waals surface area (Å²) >= 11 is 12.9. The first-order chi connectivity index (χ1) is 10.1. The van der Waals surface area contributed by atoms with E-state index in [0.29, 0.717) is 0 Å². The molecule has 2 heteroatoms. The maximum Gasteiger partial charge on any atom is 0.0640 e. The number of hydrogen-bond donors (Lipinski definition) is 0. The third-order valence-corrected chi connectivity index (χ3v) is 4.69. The standard InChI is InChI=1S/C19H16Cl2/c1-13-5-4-8-17(19(13)21)18(20)12-14-9-10-15-6-2-3-7-16(15)11-14/h2-11,18H,12H2,1H3. The van der Waals surface area contributed by atoms with Crippen LogP contribution in [0.25, 0.3) is 10.8 Å². The van der Waals surface area contributed by atoms with E-state index in [4.69, 9.17) is 23.2 Å². The minimum Gasteiger partial charge on any atom is -0.117 e. The molecule has 0 fully saturated rings. The highest BCUT2D eigenvalue weighted by molar-refractivity contribution is 6.33. The molecule has 0 aliphatic heterocycles. The van der Waals surface area contributed by atoms with Crippen molar-refractivity contribution in [3.8, 4) is 0 Å². The Labute approximate surface area is 135 Å². The number of rotatable bonds is 3. The van der Waals surface area contributed by atoms with Gasteiger partial charge in [0.15, 0.2) is 0 Å². The van der Waals surface area contributed by atoms with Crippen LogP contribution in [-0.4, -0.2) is 0 Å². The van der Waals surface area contributed by atoms with Crippen LogP contribution >= 0.6 is 23.2 Å². The molecule has 0 bridgehead atoms. The molecular formula is C19H16Cl2. The lowest BCUT2D eigenvalue weighted by Gasteiger charge is -2.13. The van der Waals surface area contributed by atoms with E-state index in [1.807, 2.05) is 25.1 Å². The summed E-state index contributed by atoms with van der Waals surface area (Å²) in [6.07, 6.45) is 0.773. The highest BCUT2D eigenvalue weighted by Gasteiger charge is 2.14. The van der Waals surface area contributed by atoms with Crippen LogP contribution in [0, 0.1) is 6.92 Å². The quantitative estimate of drug-likeness (QED) is 0.496. The van der Waals surface area contributed by atoms with Gasteiger partial charge in [0, 0.05) is 5.02 Å². The van der Waals surface area contributed by atoms with E-state index < -0.39 is 0 Å². The molecule has 3 aromatic rings. The van der Waals surface area contributed by atoms with Gasteiger partial charge in [-0.1, -0.05) is 72.3 Å². The summed E-state index contributed by atoms with van der Waals surface area (Å²) in [5.74, 6) is 0. The third kappa shape index (κ3) is 3.07. The Morgan fingerprint density at radius 3 is 2.48 bits per heavy atom. The SMILES string of the molecule is Cc1cccc(C(Cl)Cc2ccc3ccccc3c2)c1Cl. The van der Waals surface area contributed by atoms with Crippen molar-refractivity contribution >= 4 is 34.0 Å². The lowest BCUT2D eigenvalue weighted by Crippen LogP contribution is -1.98. The second-order valence-electron chi connectivity index (χ2n) is 5.33. The zero-order valence-electron chi connectivity index (χ0n) is 11.8. The molecule has 0 radical (unpaired) electrons. The molecule has 1 unspecified atom stereocenters. The first kappa shape index (κ1) is 14.4. The summed E-state index contributed by atoms with van der Waals surface area (Å²) in [7, 11) is 0. The Balaban J connectivity index is 1.89. The fourth-order valence-electron chi connectivity index (χ4n) is 2.59. The van der Waals surface area contributed by atoms with Gasteiger partial charge in [0.1, 0.15) is 0 Å². The molecular weight excluding hydrogens is 299 g/mol. The van der Waals surface area contributed by atoms with Gasteiger partial charge < -0.3 is 0 Å². The van der Waals surface area contributed by atoms with Crippen LogP contribution in [0.2, 0.25) is 5.02 Å². The van der Waals surface area contributed by atoms with Gasteiger partial charge in [-0.05, 0) is 40.8 Å². The summed E-state index contributed by atoms with van der Waals surface area (Å²) in [5, 5.41) is 3.16. The summed E-state index contributed by atoms with van der Waals surface area (Å²) in [6, 6.07) is 20.9. The van der Waals surface area contributed by atoms with E-state index in [2.05, 4.69) is 42.5 Å². The summed E-state index contributed by atoms with van der Waals surface area (Å²) in [6.45, 7) is 2.01. The van der Waals surface area contributed by atoms with Crippen LogP contribution < -0.4 is 0 Å². The van der Waals surface area contributed by atoms with Crippen molar-refractivity contribution < 1.29 is 0 Å². The van der Waals surface area contributed by atoms with Crippen molar-refractivity contribution in [1.82, 2.24) is 0 Å². The molecule has 0 spiro atoms. The van der Waals surface area contributed by atoms with E-state index >= 15 is 0 Å². The van der Waals surface area contributed by atoms with E-state index in [1.54, 1.807) is 0 Å². The first-order valence-electron chi connectivity index (χ1n) is 7.02. The lowest BCUT2D eigenvalue weighted by atomic mass is 10.00. The van der Waals surface area contributed by atoms with Gasteiger partial charge in [-0.15, -0.1) is 11.6 Å². The van der Waals surface area contributed by atoms with Crippen LogP contribution in [0.15, 0.2) is 60.7 Å². The van der Waals surface area contributed by atoms with Crippen LogP contribution in [-0.2, 0) is 6.42 Å². The van der Waals surface area contributed by atoms with Crippen LogP contribution in [0.5, 0.6) is 0 Å². The Bertz CT molecular complexity index is 777. The topological polar surface area (TPSA) is 0 Å². The van der Waals surface area contributed by atoms with E-state index in [9.17, 15) is 0 Å². The fraction of sp³-hybridized carbons (Fsp3) is 0.158. The molecule has 0 aromatic heterocycles. The molecule has 1 atom stereocenters. The van der Waals surface area contributed by atoms with Crippen LogP contribution in [0.4, 0.5) is 0 Å². The Hall–Kier alpha value is -1.50. The van der Waals surface area contributed by atoms with Gasteiger partial charge in [-0.3, -0.25) is 0 Å². The highest BCUT2D eigenvalue weighted by atomic mass is 35.5. The number of aryl methyl sites for hydroxylation is 1. The second kappa shape index (κ2) is 6.09. The van der Waals surface area contributed by atoms with Gasteiger partial charge in [-0.25, -0.2) is 0 Å². The lowest BCUT2D eigenvalue weighted by molar-refractivity contribution is 0.920. The number of halogens is 2. The van der Waals surface area contributed by atoms with Crippen molar-refractivity contribution in [1.29, 1.82) is 0 Å². The van der Waals surface area contributed by atoms with Gasteiger partial charge in [0.2, 0.25) is 0 Å². The molecule has 21 heavy (non-hydrogen) atoms. The van der Waals surface area contributed by atoms with Gasteiger partial charge in [0.25, 0.3) is 0 Å². The van der Waals surface area contributed by atoms with Crippen LogP contribution in [0.1, 0.15) is 22.1 Å². The Morgan fingerprint density at radius 2 is 1.67 bits per heavy atom. The van der Waals surface area contributed by atoms with Gasteiger partial charge >= 0.3 is 0 Å². The number of hydrogen-bond acceptors (Lipinski definition) is 0. The molecule has 0 aliphatic rings. The normalized spacial score (nSPS) is 12.5. The molecule has 3 rings (SSSR count). The third-order valence-electron chi connectivity index (χ3n) is 3.79. The second-order valence-corrected chi connectivity index (χ2v) is 6.24.